The molecule has 0 fully saturated rings. The highest BCUT2D eigenvalue weighted by atomic mass is 16.5. The lowest BCUT2D eigenvalue weighted by Gasteiger charge is -2.03. The van der Waals surface area contributed by atoms with Crippen molar-refractivity contribution < 1.29 is 19.1 Å². The van der Waals surface area contributed by atoms with Crippen LogP contribution in [-0.2, 0) is 4.74 Å². The minimum absolute atomic E-state index is 0.0935. The van der Waals surface area contributed by atoms with Gasteiger partial charge in [0.15, 0.2) is 0 Å². The number of carbonyl (C=O) groups excluding carboxylic acids is 1. The van der Waals surface area contributed by atoms with Crippen LogP contribution in [0.4, 0.5) is 0 Å². The monoisotopic (exact) mass is 296 g/mol. The van der Waals surface area contributed by atoms with E-state index in [9.17, 15) is 9.90 Å². The maximum atomic E-state index is 12.4. The minimum atomic E-state index is -0.454. The Kier molecular flexibility index (Phi) is 3.59. The third-order valence-corrected chi connectivity index (χ3v) is 3.48. The summed E-state index contributed by atoms with van der Waals surface area (Å²) in [4.78, 5) is 12.4. The van der Waals surface area contributed by atoms with Gasteiger partial charge in [-0.3, -0.25) is 0 Å². The molecular formula is C18H16O4. The number of hydrogen-bond donors (Lipinski definition) is 1. The van der Waals surface area contributed by atoms with Gasteiger partial charge in [0.05, 0.1) is 6.61 Å². The summed E-state index contributed by atoms with van der Waals surface area (Å²) in [5.74, 6) is 0.101. The largest absolute Gasteiger partial charge is 0.508 e. The second-order valence-corrected chi connectivity index (χ2v) is 5.03. The van der Waals surface area contributed by atoms with E-state index in [-0.39, 0.29) is 12.4 Å². The second kappa shape index (κ2) is 5.56. The van der Waals surface area contributed by atoms with Gasteiger partial charge in [-0.05, 0) is 31.5 Å². The van der Waals surface area contributed by atoms with Crippen molar-refractivity contribution in [1.29, 1.82) is 0 Å². The summed E-state index contributed by atoms with van der Waals surface area (Å²) in [6, 6.07) is 12.5. The molecule has 2 aromatic carbocycles. The highest BCUT2D eigenvalue weighted by Crippen LogP contribution is 2.37. The summed E-state index contributed by atoms with van der Waals surface area (Å²) in [5, 5.41) is 10.4. The third-order valence-electron chi connectivity index (χ3n) is 3.48. The summed E-state index contributed by atoms with van der Waals surface area (Å²) in [6.45, 7) is 3.86. The molecule has 0 atom stereocenters. The standard InChI is InChI=1S/C18H16O4/c1-3-21-18(20)15-14-10-13(19)9-11(2)16(14)22-17(15)12-7-5-4-6-8-12/h4-10,19H,3H2,1-2H3. The molecule has 1 N–H and O–H groups in total. The Morgan fingerprint density at radius 1 is 1.23 bits per heavy atom. The number of phenols is 1. The first-order valence-electron chi connectivity index (χ1n) is 7.10. The zero-order valence-electron chi connectivity index (χ0n) is 12.4. The van der Waals surface area contributed by atoms with Gasteiger partial charge in [0, 0.05) is 10.9 Å². The Bertz CT molecular complexity index is 831. The summed E-state index contributed by atoms with van der Waals surface area (Å²) < 4.78 is 11.1. The topological polar surface area (TPSA) is 59.7 Å². The SMILES string of the molecule is CCOC(=O)c1c(-c2ccccc2)oc2c(C)cc(O)cc12. The van der Waals surface area contributed by atoms with Crippen LogP contribution >= 0.6 is 0 Å². The van der Waals surface area contributed by atoms with Crippen LogP contribution in [-0.4, -0.2) is 17.7 Å². The summed E-state index contributed by atoms with van der Waals surface area (Å²) >= 11 is 0. The lowest BCUT2D eigenvalue weighted by molar-refractivity contribution is 0.0529. The number of phenolic OH excluding ortho intramolecular Hbond substituents is 1. The molecular weight excluding hydrogens is 280 g/mol. The van der Waals surface area contributed by atoms with Gasteiger partial charge in [-0.15, -0.1) is 0 Å². The van der Waals surface area contributed by atoms with E-state index in [0.29, 0.717) is 22.3 Å². The Morgan fingerprint density at radius 2 is 1.95 bits per heavy atom. The maximum absolute atomic E-state index is 12.4. The van der Waals surface area contributed by atoms with E-state index in [0.717, 1.165) is 11.1 Å². The molecule has 0 radical (unpaired) electrons. The molecule has 1 aromatic heterocycles. The van der Waals surface area contributed by atoms with Gasteiger partial charge in [0.25, 0.3) is 0 Å². The first-order valence-corrected chi connectivity index (χ1v) is 7.10. The van der Waals surface area contributed by atoms with E-state index in [2.05, 4.69) is 0 Å². The molecule has 0 aliphatic carbocycles. The van der Waals surface area contributed by atoms with Crippen LogP contribution in [0, 0.1) is 6.92 Å². The van der Waals surface area contributed by atoms with Gasteiger partial charge in [-0.1, -0.05) is 30.3 Å². The molecule has 0 unspecified atom stereocenters. The average molecular weight is 296 g/mol. The maximum Gasteiger partial charge on any atom is 0.342 e. The van der Waals surface area contributed by atoms with Crippen molar-refractivity contribution in [2.75, 3.05) is 6.61 Å². The van der Waals surface area contributed by atoms with Crippen molar-refractivity contribution in [2.24, 2.45) is 0 Å². The molecule has 22 heavy (non-hydrogen) atoms. The first kappa shape index (κ1) is 14.2. The van der Waals surface area contributed by atoms with E-state index >= 15 is 0 Å². The minimum Gasteiger partial charge on any atom is -0.508 e. The van der Waals surface area contributed by atoms with Crippen LogP contribution < -0.4 is 0 Å². The average Bonchev–Trinajstić information content (AvgIpc) is 2.88. The number of carbonyl (C=O) groups is 1. The predicted octanol–water partition coefficient (Wildman–Crippen LogP) is 4.29. The number of benzene rings is 2. The lowest BCUT2D eigenvalue weighted by Crippen LogP contribution is -2.05. The number of fused-ring (bicyclic) bond motifs is 1. The molecule has 3 aromatic rings. The molecule has 0 aliphatic heterocycles. The number of ether oxygens (including phenoxy) is 1. The Balaban J connectivity index is 2.33. The number of rotatable bonds is 3. The van der Waals surface area contributed by atoms with Crippen molar-refractivity contribution in [3.63, 3.8) is 0 Å². The zero-order valence-corrected chi connectivity index (χ0v) is 12.4. The first-order chi connectivity index (χ1) is 10.6. The number of aryl methyl sites for hydroxylation is 1. The van der Waals surface area contributed by atoms with E-state index < -0.39 is 5.97 Å². The number of aromatic hydroxyl groups is 1. The fraction of sp³-hybridized carbons (Fsp3) is 0.167. The van der Waals surface area contributed by atoms with E-state index in [1.165, 1.54) is 6.07 Å². The molecule has 0 aliphatic rings. The molecule has 1 heterocycles. The van der Waals surface area contributed by atoms with Crippen LogP contribution in [0.3, 0.4) is 0 Å². The fourth-order valence-corrected chi connectivity index (χ4v) is 2.55. The third kappa shape index (κ3) is 2.33. The molecule has 4 heteroatoms. The zero-order chi connectivity index (χ0) is 15.7. The van der Waals surface area contributed by atoms with Gasteiger partial charge < -0.3 is 14.3 Å². The van der Waals surface area contributed by atoms with Crippen LogP contribution in [0.25, 0.3) is 22.3 Å². The molecule has 0 saturated heterocycles. The summed E-state index contributed by atoms with van der Waals surface area (Å²) in [6.07, 6.45) is 0. The van der Waals surface area contributed by atoms with Crippen LogP contribution in [0.1, 0.15) is 22.8 Å². The second-order valence-electron chi connectivity index (χ2n) is 5.03. The molecule has 0 spiro atoms. The molecule has 3 rings (SSSR count). The van der Waals surface area contributed by atoms with Crippen LogP contribution in [0.15, 0.2) is 46.9 Å². The smallest absolute Gasteiger partial charge is 0.342 e. The molecule has 112 valence electrons. The highest BCUT2D eigenvalue weighted by Gasteiger charge is 2.24. The Hall–Kier alpha value is -2.75. The number of furan rings is 1. The Morgan fingerprint density at radius 3 is 2.64 bits per heavy atom. The van der Waals surface area contributed by atoms with Gasteiger partial charge in [0.2, 0.25) is 0 Å². The molecule has 4 nitrogen and oxygen atoms in total. The van der Waals surface area contributed by atoms with E-state index in [1.807, 2.05) is 37.3 Å². The summed E-state index contributed by atoms with van der Waals surface area (Å²) in [7, 11) is 0. The van der Waals surface area contributed by atoms with Gasteiger partial charge in [0.1, 0.15) is 22.7 Å². The lowest BCUT2D eigenvalue weighted by atomic mass is 10.0. The van der Waals surface area contributed by atoms with Crippen molar-refractivity contribution in [3.05, 3.63) is 53.6 Å². The predicted molar refractivity (Wildman–Crippen MR) is 84.0 cm³/mol. The van der Waals surface area contributed by atoms with Gasteiger partial charge >= 0.3 is 5.97 Å². The quantitative estimate of drug-likeness (QED) is 0.732. The Labute approximate surface area is 127 Å². The molecule has 0 amide bonds. The van der Waals surface area contributed by atoms with Crippen molar-refractivity contribution in [2.45, 2.75) is 13.8 Å². The van der Waals surface area contributed by atoms with E-state index in [1.54, 1.807) is 13.0 Å². The molecule has 0 saturated carbocycles. The normalized spacial score (nSPS) is 10.8. The van der Waals surface area contributed by atoms with Crippen LogP contribution in [0.5, 0.6) is 5.75 Å². The van der Waals surface area contributed by atoms with Crippen LogP contribution in [0.2, 0.25) is 0 Å². The van der Waals surface area contributed by atoms with Crippen molar-refractivity contribution >= 4 is 16.9 Å². The number of esters is 1. The van der Waals surface area contributed by atoms with Crippen molar-refractivity contribution in [1.82, 2.24) is 0 Å². The van der Waals surface area contributed by atoms with Gasteiger partial charge in [-0.25, -0.2) is 4.79 Å². The summed E-state index contributed by atoms with van der Waals surface area (Å²) in [5.41, 5.74) is 2.49. The number of hydrogen-bond acceptors (Lipinski definition) is 4. The van der Waals surface area contributed by atoms with Gasteiger partial charge in [-0.2, -0.15) is 0 Å². The highest BCUT2D eigenvalue weighted by molar-refractivity contribution is 6.09. The van der Waals surface area contributed by atoms with Crippen molar-refractivity contribution in [3.8, 4) is 17.1 Å². The fourth-order valence-electron chi connectivity index (χ4n) is 2.55. The molecule has 0 bridgehead atoms. The van der Waals surface area contributed by atoms with E-state index in [4.69, 9.17) is 9.15 Å².